The number of hydrogen-bond donors (Lipinski definition) is 2. The Kier molecular flexibility index (Phi) is 5.97. The van der Waals surface area contributed by atoms with Gasteiger partial charge < -0.3 is 19.7 Å². The molecule has 3 saturated carbocycles. The molecular formula is C24H40O4. The number of ether oxygens (including phenoxy) is 2. The molecule has 160 valence electrons. The largest absolute Gasteiger partial charge is 0.393 e. The van der Waals surface area contributed by atoms with Crippen molar-refractivity contribution in [3.05, 3.63) is 11.6 Å². The first kappa shape index (κ1) is 20.8. The monoisotopic (exact) mass is 392 g/mol. The van der Waals surface area contributed by atoms with Gasteiger partial charge in [-0.2, -0.15) is 0 Å². The van der Waals surface area contributed by atoms with E-state index in [1.54, 1.807) is 0 Å². The first-order valence-corrected chi connectivity index (χ1v) is 11.7. The van der Waals surface area contributed by atoms with Gasteiger partial charge in [-0.05, 0) is 73.5 Å². The standard InChI is InChI=1S/C24H40O4/c1-4-10-27-11-12-28-17-7-9-23(2)16(13-17)14-20(25)22-18-6-5-8-24(18,3)21(26)15-19(22)23/h14,17-22,25-26H,4-13,15H2,1-3H3. The third kappa shape index (κ3) is 3.38. The number of aliphatic hydroxyl groups is 2. The molecule has 0 aromatic carbocycles. The molecule has 3 fully saturated rings. The van der Waals surface area contributed by atoms with Gasteiger partial charge in [0.1, 0.15) is 0 Å². The van der Waals surface area contributed by atoms with Crippen molar-refractivity contribution < 1.29 is 19.7 Å². The average Bonchev–Trinajstić information content (AvgIpc) is 3.06. The molecule has 0 bridgehead atoms. The van der Waals surface area contributed by atoms with Crippen molar-refractivity contribution in [3.63, 3.8) is 0 Å². The Bertz CT molecular complexity index is 589. The van der Waals surface area contributed by atoms with Crippen LogP contribution in [-0.4, -0.2) is 48.3 Å². The maximum atomic E-state index is 11.1. The minimum absolute atomic E-state index is 0.00263. The van der Waals surface area contributed by atoms with E-state index in [1.165, 1.54) is 12.0 Å². The highest BCUT2D eigenvalue weighted by atomic mass is 16.5. The molecule has 0 spiro atoms. The molecule has 0 aromatic rings. The highest BCUT2D eigenvalue weighted by Crippen LogP contribution is 2.64. The fourth-order valence-electron chi connectivity index (χ4n) is 7.24. The van der Waals surface area contributed by atoms with Gasteiger partial charge in [0.05, 0.1) is 31.5 Å². The quantitative estimate of drug-likeness (QED) is 0.528. The van der Waals surface area contributed by atoms with E-state index in [0.29, 0.717) is 31.0 Å². The second-order valence-electron chi connectivity index (χ2n) is 10.4. The molecule has 28 heavy (non-hydrogen) atoms. The van der Waals surface area contributed by atoms with Crippen molar-refractivity contribution >= 4 is 0 Å². The van der Waals surface area contributed by atoms with Crippen LogP contribution in [0, 0.1) is 28.6 Å². The Hall–Kier alpha value is -0.420. The van der Waals surface area contributed by atoms with Gasteiger partial charge in [0.15, 0.2) is 0 Å². The van der Waals surface area contributed by atoms with Gasteiger partial charge in [-0.25, -0.2) is 0 Å². The van der Waals surface area contributed by atoms with Crippen LogP contribution in [0.1, 0.15) is 72.1 Å². The van der Waals surface area contributed by atoms with Crippen LogP contribution in [0.4, 0.5) is 0 Å². The summed E-state index contributed by atoms with van der Waals surface area (Å²) in [6.07, 6.45) is 10.3. The summed E-state index contributed by atoms with van der Waals surface area (Å²) in [5.74, 6) is 1.16. The zero-order valence-electron chi connectivity index (χ0n) is 18.0. The lowest BCUT2D eigenvalue weighted by Gasteiger charge is -2.59. The van der Waals surface area contributed by atoms with Crippen molar-refractivity contribution in [1.29, 1.82) is 0 Å². The molecule has 0 amide bonds. The van der Waals surface area contributed by atoms with Crippen LogP contribution in [0.25, 0.3) is 0 Å². The number of hydrogen-bond acceptors (Lipinski definition) is 4. The Morgan fingerprint density at radius 3 is 2.68 bits per heavy atom. The van der Waals surface area contributed by atoms with Gasteiger partial charge in [0, 0.05) is 6.61 Å². The molecule has 2 N–H and O–H groups in total. The number of rotatable bonds is 6. The van der Waals surface area contributed by atoms with Crippen LogP contribution in [0.2, 0.25) is 0 Å². The van der Waals surface area contributed by atoms with Gasteiger partial charge in [-0.15, -0.1) is 0 Å². The molecule has 4 heteroatoms. The predicted octanol–water partition coefficient (Wildman–Crippen LogP) is 4.09. The van der Waals surface area contributed by atoms with E-state index < -0.39 is 0 Å². The van der Waals surface area contributed by atoms with Crippen LogP contribution < -0.4 is 0 Å². The third-order valence-electron chi connectivity index (χ3n) is 8.93. The second kappa shape index (κ2) is 8.02. The molecule has 0 heterocycles. The molecule has 8 unspecified atom stereocenters. The van der Waals surface area contributed by atoms with E-state index in [2.05, 4.69) is 26.8 Å². The summed E-state index contributed by atoms with van der Waals surface area (Å²) < 4.78 is 11.6. The SMILES string of the molecule is CCCOCCOC1CCC2(C)C(=CC(O)C3C2CC(O)C2(C)CCCC32)C1. The van der Waals surface area contributed by atoms with Gasteiger partial charge in [0.2, 0.25) is 0 Å². The van der Waals surface area contributed by atoms with Crippen molar-refractivity contribution in [3.8, 4) is 0 Å². The molecule has 4 rings (SSSR count). The predicted molar refractivity (Wildman–Crippen MR) is 110 cm³/mol. The smallest absolute Gasteiger partial charge is 0.0757 e. The topological polar surface area (TPSA) is 58.9 Å². The molecular weight excluding hydrogens is 352 g/mol. The van der Waals surface area contributed by atoms with Gasteiger partial charge in [0.25, 0.3) is 0 Å². The van der Waals surface area contributed by atoms with Crippen molar-refractivity contribution in [2.24, 2.45) is 28.6 Å². The summed E-state index contributed by atoms with van der Waals surface area (Å²) in [4.78, 5) is 0. The minimum Gasteiger partial charge on any atom is -0.393 e. The molecule has 0 radical (unpaired) electrons. The van der Waals surface area contributed by atoms with E-state index in [4.69, 9.17) is 9.47 Å². The van der Waals surface area contributed by atoms with Crippen LogP contribution in [0.3, 0.4) is 0 Å². The van der Waals surface area contributed by atoms with Crippen molar-refractivity contribution in [2.75, 3.05) is 19.8 Å². The number of fused-ring (bicyclic) bond motifs is 5. The summed E-state index contributed by atoms with van der Waals surface area (Å²) in [5, 5.41) is 22.2. The Morgan fingerprint density at radius 1 is 1.07 bits per heavy atom. The lowest BCUT2D eigenvalue weighted by Crippen LogP contribution is -2.58. The fraction of sp³-hybridized carbons (Fsp3) is 0.917. The van der Waals surface area contributed by atoms with E-state index in [0.717, 1.165) is 51.6 Å². The Morgan fingerprint density at radius 2 is 1.89 bits per heavy atom. The highest BCUT2D eigenvalue weighted by molar-refractivity contribution is 5.28. The minimum atomic E-state index is -0.366. The maximum absolute atomic E-state index is 11.1. The number of aliphatic hydroxyl groups excluding tert-OH is 2. The average molecular weight is 393 g/mol. The molecule has 4 aliphatic rings. The lowest BCUT2D eigenvalue weighted by molar-refractivity contribution is -0.141. The zero-order valence-corrected chi connectivity index (χ0v) is 18.0. The van der Waals surface area contributed by atoms with E-state index in [1.807, 2.05) is 0 Å². The van der Waals surface area contributed by atoms with Crippen LogP contribution in [0.5, 0.6) is 0 Å². The highest BCUT2D eigenvalue weighted by Gasteiger charge is 2.61. The molecule has 0 aliphatic heterocycles. The normalized spacial score (nSPS) is 47.8. The van der Waals surface area contributed by atoms with Crippen LogP contribution in [-0.2, 0) is 9.47 Å². The Labute approximate surface area is 170 Å². The molecule has 0 saturated heterocycles. The van der Waals surface area contributed by atoms with Crippen LogP contribution >= 0.6 is 0 Å². The first-order valence-electron chi connectivity index (χ1n) is 11.7. The van der Waals surface area contributed by atoms with E-state index in [9.17, 15) is 10.2 Å². The molecule has 0 aromatic heterocycles. The maximum Gasteiger partial charge on any atom is 0.0757 e. The second-order valence-corrected chi connectivity index (χ2v) is 10.4. The fourth-order valence-corrected chi connectivity index (χ4v) is 7.24. The zero-order chi connectivity index (χ0) is 19.9. The summed E-state index contributed by atoms with van der Waals surface area (Å²) in [6.45, 7) is 8.91. The third-order valence-corrected chi connectivity index (χ3v) is 8.93. The van der Waals surface area contributed by atoms with E-state index in [-0.39, 0.29) is 29.1 Å². The van der Waals surface area contributed by atoms with Crippen molar-refractivity contribution in [1.82, 2.24) is 0 Å². The Balaban J connectivity index is 1.47. The van der Waals surface area contributed by atoms with Crippen LogP contribution in [0.15, 0.2) is 11.6 Å². The summed E-state index contributed by atoms with van der Waals surface area (Å²) in [6, 6.07) is 0. The summed E-state index contributed by atoms with van der Waals surface area (Å²) >= 11 is 0. The van der Waals surface area contributed by atoms with E-state index >= 15 is 0 Å². The van der Waals surface area contributed by atoms with Gasteiger partial charge >= 0.3 is 0 Å². The first-order chi connectivity index (χ1) is 13.4. The molecule has 8 atom stereocenters. The van der Waals surface area contributed by atoms with Gasteiger partial charge in [-0.1, -0.05) is 38.8 Å². The molecule has 4 aliphatic carbocycles. The lowest BCUT2D eigenvalue weighted by atomic mass is 9.47. The molecule has 4 nitrogen and oxygen atoms in total. The summed E-state index contributed by atoms with van der Waals surface area (Å²) in [5.41, 5.74) is 1.48. The summed E-state index contributed by atoms with van der Waals surface area (Å²) in [7, 11) is 0. The van der Waals surface area contributed by atoms with Gasteiger partial charge in [-0.3, -0.25) is 0 Å². The van der Waals surface area contributed by atoms with Crippen molar-refractivity contribution in [2.45, 2.75) is 90.4 Å².